The highest BCUT2D eigenvalue weighted by Crippen LogP contribution is 2.23. The number of nitrogens with zero attached hydrogens (tertiary/aromatic N) is 1. The van der Waals surface area contributed by atoms with Gasteiger partial charge in [-0.15, -0.1) is 0 Å². The molecule has 1 heterocycles. The van der Waals surface area contributed by atoms with E-state index in [0.717, 1.165) is 0 Å². The van der Waals surface area contributed by atoms with Gasteiger partial charge in [0.05, 0.1) is 28.6 Å². The summed E-state index contributed by atoms with van der Waals surface area (Å²) in [6.45, 7) is 4.80. The lowest BCUT2D eigenvalue weighted by Crippen LogP contribution is -2.35. The lowest BCUT2D eigenvalue weighted by atomic mass is 9.96. The average Bonchev–Trinajstić information content (AvgIpc) is 2.36. The Morgan fingerprint density at radius 3 is 2.68 bits per heavy atom. The van der Waals surface area contributed by atoms with Crippen molar-refractivity contribution in [1.82, 2.24) is 4.98 Å². The van der Waals surface area contributed by atoms with Crippen molar-refractivity contribution in [3.8, 4) is 0 Å². The zero-order chi connectivity index (χ0) is 16.9. The summed E-state index contributed by atoms with van der Waals surface area (Å²) in [6.07, 6.45) is -0.329. The maximum atomic E-state index is 14.0. The Morgan fingerprint density at radius 2 is 2.18 bits per heavy atom. The van der Waals surface area contributed by atoms with Gasteiger partial charge in [-0.3, -0.25) is 9.78 Å². The van der Waals surface area contributed by atoms with Crippen LogP contribution in [0.2, 0.25) is 0 Å². The number of rotatable bonds is 8. The Labute approximate surface area is 129 Å². The normalized spacial score (nSPS) is 14.5. The number of aliphatic hydroxyl groups is 2. The van der Waals surface area contributed by atoms with Crippen LogP contribution in [0.3, 0.4) is 0 Å². The Hall–Kier alpha value is -1.73. The molecule has 0 bridgehead atoms. The standard InChI is InChI=1S/C15H24FN3O3/c1-9(20)4-6-18-10-5-7-19-11(13(10)14(17)21)8-12(16)15(2,3)22/h5,7,9,12,20,22H,4,6,8H2,1-3H3,(H2,17,21)(H,18,19)/t9-,12-/m1/s1. The molecule has 0 aliphatic carbocycles. The van der Waals surface area contributed by atoms with Gasteiger partial charge in [-0.1, -0.05) is 0 Å². The van der Waals surface area contributed by atoms with E-state index >= 15 is 0 Å². The molecular weight excluding hydrogens is 289 g/mol. The van der Waals surface area contributed by atoms with Crippen LogP contribution in [0.1, 0.15) is 43.2 Å². The number of carbonyl (C=O) groups excluding carboxylic acids is 1. The van der Waals surface area contributed by atoms with E-state index in [0.29, 0.717) is 18.7 Å². The molecule has 1 amide bonds. The van der Waals surface area contributed by atoms with Gasteiger partial charge in [0.15, 0.2) is 0 Å². The van der Waals surface area contributed by atoms with Crippen molar-refractivity contribution >= 4 is 11.6 Å². The van der Waals surface area contributed by atoms with Gasteiger partial charge in [0.1, 0.15) is 6.17 Å². The first-order chi connectivity index (χ1) is 10.1. The summed E-state index contributed by atoms with van der Waals surface area (Å²) in [6, 6.07) is 1.57. The van der Waals surface area contributed by atoms with Gasteiger partial charge in [-0.2, -0.15) is 0 Å². The van der Waals surface area contributed by atoms with Gasteiger partial charge < -0.3 is 21.3 Å². The molecule has 0 aromatic carbocycles. The van der Waals surface area contributed by atoms with Crippen LogP contribution < -0.4 is 11.1 Å². The number of anilines is 1. The van der Waals surface area contributed by atoms with Gasteiger partial charge in [-0.25, -0.2) is 4.39 Å². The first-order valence-electron chi connectivity index (χ1n) is 7.19. The minimum atomic E-state index is -1.58. The fourth-order valence-corrected chi connectivity index (χ4v) is 1.92. The van der Waals surface area contributed by atoms with Crippen molar-refractivity contribution in [1.29, 1.82) is 0 Å². The third-order valence-electron chi connectivity index (χ3n) is 3.29. The maximum Gasteiger partial charge on any atom is 0.252 e. The average molecular weight is 313 g/mol. The molecule has 0 saturated heterocycles. The van der Waals surface area contributed by atoms with Crippen LogP contribution in [0.15, 0.2) is 12.3 Å². The molecule has 0 fully saturated rings. The van der Waals surface area contributed by atoms with Crippen LogP contribution in [0.5, 0.6) is 0 Å². The van der Waals surface area contributed by atoms with Crippen LogP contribution in [0, 0.1) is 0 Å². The molecule has 1 rings (SSSR count). The summed E-state index contributed by atoms with van der Waals surface area (Å²) >= 11 is 0. The predicted octanol–water partition coefficient (Wildman–Crippen LogP) is 1.01. The molecule has 1 aromatic heterocycles. The van der Waals surface area contributed by atoms with E-state index in [2.05, 4.69) is 10.3 Å². The summed E-state index contributed by atoms with van der Waals surface area (Å²) in [5.74, 6) is -0.717. The Balaban J connectivity index is 3.00. The highest BCUT2D eigenvalue weighted by molar-refractivity contribution is 5.99. The molecule has 7 heteroatoms. The number of amides is 1. The van der Waals surface area contributed by atoms with E-state index in [1.165, 1.54) is 20.0 Å². The smallest absolute Gasteiger partial charge is 0.252 e. The van der Waals surface area contributed by atoms with Crippen molar-refractivity contribution in [2.45, 2.75) is 51.5 Å². The molecule has 6 nitrogen and oxygen atoms in total. The third kappa shape index (κ3) is 5.23. The molecule has 22 heavy (non-hydrogen) atoms. The van der Waals surface area contributed by atoms with E-state index in [-0.39, 0.29) is 17.7 Å². The lowest BCUT2D eigenvalue weighted by molar-refractivity contribution is -0.00307. The van der Waals surface area contributed by atoms with Crippen molar-refractivity contribution in [3.63, 3.8) is 0 Å². The maximum absolute atomic E-state index is 14.0. The van der Waals surface area contributed by atoms with Crippen molar-refractivity contribution in [3.05, 3.63) is 23.5 Å². The number of nitrogens with one attached hydrogen (secondary N) is 1. The second-order valence-corrected chi connectivity index (χ2v) is 5.93. The van der Waals surface area contributed by atoms with Crippen LogP contribution in [0.4, 0.5) is 10.1 Å². The Morgan fingerprint density at radius 1 is 1.55 bits per heavy atom. The van der Waals surface area contributed by atoms with Crippen LogP contribution in [-0.4, -0.2) is 45.5 Å². The molecule has 0 aliphatic rings. The van der Waals surface area contributed by atoms with Crippen molar-refractivity contribution in [2.24, 2.45) is 5.73 Å². The van der Waals surface area contributed by atoms with Crippen LogP contribution in [-0.2, 0) is 6.42 Å². The number of aliphatic hydroxyl groups excluding tert-OH is 1. The van der Waals surface area contributed by atoms with E-state index in [1.54, 1.807) is 13.0 Å². The molecule has 0 unspecified atom stereocenters. The molecule has 0 aliphatic heterocycles. The van der Waals surface area contributed by atoms with Gasteiger partial charge in [-0.05, 0) is 33.3 Å². The van der Waals surface area contributed by atoms with E-state index in [1.807, 2.05) is 0 Å². The molecule has 5 N–H and O–H groups in total. The molecule has 0 radical (unpaired) electrons. The number of carbonyl (C=O) groups is 1. The monoisotopic (exact) mass is 313 g/mol. The number of primary amides is 1. The van der Waals surface area contributed by atoms with Crippen LogP contribution >= 0.6 is 0 Å². The number of alkyl halides is 1. The third-order valence-corrected chi connectivity index (χ3v) is 3.29. The van der Waals surface area contributed by atoms with Crippen molar-refractivity contribution in [2.75, 3.05) is 11.9 Å². The second-order valence-electron chi connectivity index (χ2n) is 5.93. The Kier molecular flexibility index (Phi) is 6.25. The largest absolute Gasteiger partial charge is 0.393 e. The highest BCUT2D eigenvalue weighted by Gasteiger charge is 2.29. The summed E-state index contributed by atoms with van der Waals surface area (Å²) < 4.78 is 14.0. The van der Waals surface area contributed by atoms with Gasteiger partial charge in [0.2, 0.25) is 0 Å². The highest BCUT2D eigenvalue weighted by atomic mass is 19.1. The van der Waals surface area contributed by atoms with E-state index in [4.69, 9.17) is 5.73 Å². The van der Waals surface area contributed by atoms with Gasteiger partial charge >= 0.3 is 0 Å². The minimum absolute atomic E-state index is 0.111. The lowest BCUT2D eigenvalue weighted by Gasteiger charge is -2.23. The second kappa shape index (κ2) is 7.51. The van der Waals surface area contributed by atoms with E-state index in [9.17, 15) is 19.4 Å². The quantitative estimate of drug-likeness (QED) is 0.573. The molecule has 0 saturated carbocycles. The number of aromatic nitrogens is 1. The first-order valence-corrected chi connectivity index (χ1v) is 7.19. The number of hydrogen-bond donors (Lipinski definition) is 4. The summed E-state index contributed by atoms with van der Waals surface area (Å²) in [4.78, 5) is 15.7. The SMILES string of the molecule is C[C@@H](O)CCNc1ccnc(C[C@@H](F)C(C)(C)O)c1C(N)=O. The molecule has 2 atom stereocenters. The predicted molar refractivity (Wildman–Crippen MR) is 82.4 cm³/mol. The summed E-state index contributed by atoms with van der Waals surface area (Å²) in [7, 11) is 0. The first kappa shape index (κ1) is 18.3. The number of hydrogen-bond acceptors (Lipinski definition) is 5. The Bertz CT molecular complexity index is 515. The molecular formula is C15H24FN3O3. The number of nitrogens with two attached hydrogens (primary N) is 1. The van der Waals surface area contributed by atoms with Crippen molar-refractivity contribution < 1.29 is 19.4 Å². The van der Waals surface area contributed by atoms with E-state index < -0.39 is 23.8 Å². The zero-order valence-corrected chi connectivity index (χ0v) is 13.1. The molecule has 0 spiro atoms. The fourth-order valence-electron chi connectivity index (χ4n) is 1.92. The minimum Gasteiger partial charge on any atom is -0.393 e. The number of pyridine rings is 1. The summed E-state index contributed by atoms with van der Waals surface area (Å²) in [5, 5.41) is 21.9. The van der Waals surface area contributed by atoms with Gasteiger partial charge in [0, 0.05) is 19.2 Å². The molecule has 1 aromatic rings. The summed E-state index contributed by atoms with van der Waals surface area (Å²) in [5.41, 5.74) is 4.60. The molecule has 124 valence electrons. The zero-order valence-electron chi connectivity index (χ0n) is 13.1. The van der Waals surface area contributed by atoms with Gasteiger partial charge in [0.25, 0.3) is 5.91 Å². The van der Waals surface area contributed by atoms with Crippen LogP contribution in [0.25, 0.3) is 0 Å². The number of halogens is 1. The topological polar surface area (TPSA) is 108 Å². The fraction of sp³-hybridized carbons (Fsp3) is 0.600.